The topological polar surface area (TPSA) is 73.1 Å². The number of rotatable bonds is 4. The van der Waals surface area contributed by atoms with Crippen molar-refractivity contribution >= 4 is 33.1 Å². The zero-order chi connectivity index (χ0) is 15.6. The summed E-state index contributed by atoms with van der Waals surface area (Å²) in [5.74, 6) is -1.32. The number of aromatic nitrogens is 2. The fourth-order valence-corrected chi connectivity index (χ4v) is 1.98. The minimum Gasteiger partial charge on any atom is -0.473 e. The van der Waals surface area contributed by atoms with Crippen molar-refractivity contribution in [1.82, 2.24) is 9.97 Å². The second-order valence-electron chi connectivity index (χ2n) is 4.48. The largest absolute Gasteiger partial charge is 0.473 e. The number of ether oxygens (including phenoxy) is 1. The molecule has 0 aliphatic heterocycles. The highest BCUT2D eigenvalue weighted by molar-refractivity contribution is 9.10. The number of hydrogen-bond donors (Lipinski definition) is 2. The van der Waals surface area contributed by atoms with Crippen LogP contribution in [0.2, 0.25) is 0 Å². The number of hydrogen-bond acceptors (Lipinski definition) is 5. The van der Waals surface area contributed by atoms with E-state index in [1.165, 1.54) is 6.33 Å². The van der Waals surface area contributed by atoms with Crippen LogP contribution in [0.4, 0.5) is 26.0 Å². The summed E-state index contributed by atoms with van der Waals surface area (Å²) in [7, 11) is 0. The summed E-state index contributed by atoms with van der Waals surface area (Å²) in [6, 6.07) is 2.27. The lowest BCUT2D eigenvalue weighted by Gasteiger charge is -2.14. The van der Waals surface area contributed by atoms with Crippen molar-refractivity contribution in [1.29, 1.82) is 0 Å². The summed E-state index contributed by atoms with van der Waals surface area (Å²) in [6.45, 7) is 3.62. The highest BCUT2D eigenvalue weighted by Crippen LogP contribution is 2.31. The van der Waals surface area contributed by atoms with Gasteiger partial charge in [-0.3, -0.25) is 0 Å². The summed E-state index contributed by atoms with van der Waals surface area (Å²) < 4.78 is 33.3. The minimum absolute atomic E-state index is 0.0702. The molecule has 21 heavy (non-hydrogen) atoms. The third kappa shape index (κ3) is 3.57. The molecule has 2 rings (SSSR count). The quantitative estimate of drug-likeness (QED) is 0.872. The van der Waals surface area contributed by atoms with Crippen molar-refractivity contribution in [3.05, 3.63) is 34.6 Å². The molecule has 0 saturated heterocycles. The van der Waals surface area contributed by atoms with Crippen LogP contribution in [0.15, 0.2) is 22.9 Å². The number of nitrogen functional groups attached to an aromatic ring is 1. The van der Waals surface area contributed by atoms with E-state index in [9.17, 15) is 8.78 Å². The van der Waals surface area contributed by atoms with Crippen molar-refractivity contribution in [2.45, 2.75) is 20.0 Å². The highest BCUT2D eigenvalue weighted by Gasteiger charge is 2.15. The van der Waals surface area contributed by atoms with E-state index in [1.54, 1.807) is 0 Å². The molecule has 0 aliphatic carbocycles. The molecular weight excluding hydrogens is 346 g/mol. The maximum absolute atomic E-state index is 13.8. The molecule has 0 fully saturated rings. The third-order valence-corrected chi connectivity index (χ3v) is 2.90. The number of nitrogens with zero attached hydrogens (tertiary/aromatic N) is 2. The molecule has 0 aliphatic rings. The van der Waals surface area contributed by atoms with E-state index in [-0.39, 0.29) is 29.2 Å². The average molecular weight is 359 g/mol. The van der Waals surface area contributed by atoms with Crippen LogP contribution >= 0.6 is 15.9 Å². The Kier molecular flexibility index (Phi) is 4.56. The second kappa shape index (κ2) is 6.21. The van der Waals surface area contributed by atoms with Gasteiger partial charge in [-0.25, -0.2) is 13.8 Å². The Hall–Kier alpha value is -1.96. The first-order valence-corrected chi connectivity index (χ1v) is 6.86. The highest BCUT2D eigenvalue weighted by atomic mass is 79.9. The van der Waals surface area contributed by atoms with Gasteiger partial charge >= 0.3 is 0 Å². The lowest BCUT2D eigenvalue weighted by molar-refractivity contribution is 0.234. The molecule has 0 saturated carbocycles. The first kappa shape index (κ1) is 15.4. The van der Waals surface area contributed by atoms with E-state index in [0.29, 0.717) is 4.47 Å². The van der Waals surface area contributed by atoms with Gasteiger partial charge in [0.15, 0.2) is 17.5 Å². The molecule has 0 bridgehead atoms. The molecule has 1 aromatic carbocycles. The summed E-state index contributed by atoms with van der Waals surface area (Å²) >= 11 is 3.01. The van der Waals surface area contributed by atoms with E-state index < -0.39 is 11.6 Å². The van der Waals surface area contributed by atoms with Gasteiger partial charge in [-0.05, 0) is 26.0 Å². The normalized spacial score (nSPS) is 10.8. The van der Waals surface area contributed by atoms with E-state index in [0.717, 1.165) is 12.1 Å². The average Bonchev–Trinajstić information content (AvgIpc) is 2.37. The predicted molar refractivity (Wildman–Crippen MR) is 79.5 cm³/mol. The predicted octanol–water partition coefficient (Wildman–Crippen LogP) is 3.63. The monoisotopic (exact) mass is 358 g/mol. The van der Waals surface area contributed by atoms with Gasteiger partial charge in [0.1, 0.15) is 17.7 Å². The molecule has 0 spiro atoms. The number of benzene rings is 1. The summed E-state index contributed by atoms with van der Waals surface area (Å²) in [6.07, 6.45) is 1.06. The van der Waals surface area contributed by atoms with Gasteiger partial charge < -0.3 is 15.8 Å². The maximum Gasteiger partial charge on any atom is 0.242 e. The summed E-state index contributed by atoms with van der Waals surface area (Å²) in [5.41, 5.74) is 5.57. The van der Waals surface area contributed by atoms with Crippen molar-refractivity contribution < 1.29 is 13.5 Å². The van der Waals surface area contributed by atoms with Crippen LogP contribution in [-0.2, 0) is 0 Å². The molecule has 5 nitrogen and oxygen atoms in total. The van der Waals surface area contributed by atoms with Gasteiger partial charge in [-0.2, -0.15) is 4.98 Å². The molecule has 1 heterocycles. The Morgan fingerprint density at radius 1 is 1.24 bits per heavy atom. The maximum atomic E-state index is 13.8. The zero-order valence-electron chi connectivity index (χ0n) is 11.3. The van der Waals surface area contributed by atoms with E-state index >= 15 is 0 Å². The Balaban J connectivity index is 2.36. The van der Waals surface area contributed by atoms with Crippen LogP contribution in [0.1, 0.15) is 13.8 Å². The van der Waals surface area contributed by atoms with Gasteiger partial charge in [-0.1, -0.05) is 15.9 Å². The van der Waals surface area contributed by atoms with Crippen LogP contribution in [0.3, 0.4) is 0 Å². The molecule has 8 heteroatoms. The lowest BCUT2D eigenvalue weighted by atomic mass is 10.3. The first-order valence-electron chi connectivity index (χ1n) is 6.07. The van der Waals surface area contributed by atoms with Crippen LogP contribution in [0.5, 0.6) is 5.88 Å². The van der Waals surface area contributed by atoms with Gasteiger partial charge in [0, 0.05) is 4.47 Å². The number of halogens is 3. The Morgan fingerprint density at radius 3 is 2.43 bits per heavy atom. The van der Waals surface area contributed by atoms with Crippen LogP contribution in [0, 0.1) is 11.6 Å². The molecule has 112 valence electrons. The molecule has 0 amide bonds. The Labute approximate surface area is 128 Å². The standard InChI is InChI=1S/C13H13BrF2N4O/c1-6(2)21-13-10(17)12(18-5-19-13)20-11-8(15)3-7(14)4-9(11)16/h3-6H,17H2,1-2H3,(H,18,19,20). The van der Waals surface area contributed by atoms with Gasteiger partial charge in [0.2, 0.25) is 5.88 Å². The zero-order valence-corrected chi connectivity index (χ0v) is 12.9. The van der Waals surface area contributed by atoms with Crippen LogP contribution in [-0.4, -0.2) is 16.1 Å². The Morgan fingerprint density at radius 2 is 1.86 bits per heavy atom. The van der Waals surface area contributed by atoms with Gasteiger partial charge in [0.05, 0.1) is 6.10 Å². The van der Waals surface area contributed by atoms with Crippen LogP contribution in [0.25, 0.3) is 0 Å². The molecule has 0 radical (unpaired) electrons. The molecular formula is C13H13BrF2N4O. The third-order valence-electron chi connectivity index (χ3n) is 2.44. The minimum atomic E-state index is -0.772. The number of anilines is 3. The van der Waals surface area contributed by atoms with Gasteiger partial charge in [-0.15, -0.1) is 0 Å². The van der Waals surface area contributed by atoms with E-state index in [4.69, 9.17) is 10.5 Å². The Bertz CT molecular complexity index is 644. The van der Waals surface area contributed by atoms with Crippen molar-refractivity contribution in [3.8, 4) is 5.88 Å². The molecule has 3 N–H and O–H groups in total. The molecule has 0 atom stereocenters. The lowest BCUT2D eigenvalue weighted by Crippen LogP contribution is -2.11. The summed E-state index contributed by atoms with van der Waals surface area (Å²) in [4.78, 5) is 7.76. The molecule has 0 unspecified atom stereocenters. The van der Waals surface area contributed by atoms with Crippen molar-refractivity contribution in [2.24, 2.45) is 0 Å². The van der Waals surface area contributed by atoms with Crippen molar-refractivity contribution in [3.63, 3.8) is 0 Å². The van der Waals surface area contributed by atoms with Crippen molar-refractivity contribution in [2.75, 3.05) is 11.1 Å². The molecule has 1 aromatic heterocycles. The summed E-state index contributed by atoms with van der Waals surface area (Å²) in [5, 5.41) is 2.52. The van der Waals surface area contributed by atoms with E-state index in [1.807, 2.05) is 13.8 Å². The fraction of sp³-hybridized carbons (Fsp3) is 0.231. The smallest absolute Gasteiger partial charge is 0.242 e. The fourth-order valence-electron chi connectivity index (χ4n) is 1.58. The number of nitrogens with one attached hydrogen (secondary N) is 1. The van der Waals surface area contributed by atoms with Gasteiger partial charge in [0.25, 0.3) is 0 Å². The molecule has 2 aromatic rings. The van der Waals surface area contributed by atoms with E-state index in [2.05, 4.69) is 31.2 Å². The first-order chi connectivity index (χ1) is 9.88. The SMILES string of the molecule is CC(C)Oc1ncnc(Nc2c(F)cc(Br)cc2F)c1N. The number of nitrogens with two attached hydrogens (primary N) is 1. The van der Waals surface area contributed by atoms with Crippen LogP contribution < -0.4 is 15.8 Å². The second-order valence-corrected chi connectivity index (χ2v) is 5.39.